The van der Waals surface area contributed by atoms with Crippen LogP contribution in [0.15, 0.2) is 51.6 Å². The summed E-state index contributed by atoms with van der Waals surface area (Å²) in [6, 6.07) is 12.2. The lowest BCUT2D eigenvalue weighted by molar-refractivity contribution is 0.102. The second kappa shape index (κ2) is 9.14. The molecule has 2 aromatic heterocycles. The molecular weight excluding hydrogens is 438 g/mol. The Bertz CT molecular complexity index is 1280. The molecule has 4 aromatic rings. The third kappa shape index (κ3) is 4.84. The number of hydrogen-bond acceptors (Lipinski definition) is 9. The molecule has 1 amide bonds. The van der Waals surface area contributed by atoms with E-state index in [1.807, 2.05) is 18.2 Å². The lowest BCUT2D eigenvalue weighted by Gasteiger charge is -2.07. The Morgan fingerprint density at radius 3 is 2.61 bits per heavy atom. The van der Waals surface area contributed by atoms with Crippen LogP contribution in [0.5, 0.6) is 11.5 Å². The van der Waals surface area contributed by atoms with Crippen molar-refractivity contribution in [2.45, 2.75) is 10.1 Å². The SMILES string of the molecule is COc1cc(OC)cc(C(=O)Nc2nnc(SCc3nc4ccccc4[nH]c3=O)s2)c1. The maximum absolute atomic E-state index is 12.6. The largest absolute Gasteiger partial charge is 0.497 e. The first kappa shape index (κ1) is 20.8. The second-order valence-electron chi connectivity index (χ2n) is 6.25. The molecule has 9 nitrogen and oxygen atoms in total. The van der Waals surface area contributed by atoms with Crippen molar-refractivity contribution in [2.75, 3.05) is 19.5 Å². The van der Waals surface area contributed by atoms with Gasteiger partial charge in [-0.1, -0.05) is 35.2 Å². The number of nitrogens with zero attached hydrogens (tertiary/aromatic N) is 3. The molecule has 0 fully saturated rings. The van der Waals surface area contributed by atoms with E-state index in [0.717, 1.165) is 5.52 Å². The maximum atomic E-state index is 12.6. The highest BCUT2D eigenvalue weighted by atomic mass is 32.2. The van der Waals surface area contributed by atoms with Crippen molar-refractivity contribution in [3.63, 3.8) is 0 Å². The zero-order valence-electron chi connectivity index (χ0n) is 16.5. The molecule has 0 saturated heterocycles. The summed E-state index contributed by atoms with van der Waals surface area (Å²) in [7, 11) is 3.03. The maximum Gasteiger partial charge on any atom is 0.271 e. The number of benzene rings is 2. The van der Waals surface area contributed by atoms with Gasteiger partial charge in [-0.05, 0) is 24.3 Å². The van der Waals surface area contributed by atoms with Crippen LogP contribution in [0.25, 0.3) is 11.0 Å². The molecule has 0 atom stereocenters. The summed E-state index contributed by atoms with van der Waals surface area (Å²) in [5, 5.41) is 11.1. The van der Waals surface area contributed by atoms with Gasteiger partial charge in [0.2, 0.25) is 5.13 Å². The molecule has 0 radical (unpaired) electrons. The topological polar surface area (TPSA) is 119 Å². The molecule has 0 aliphatic rings. The quantitative estimate of drug-likeness (QED) is 0.322. The normalized spacial score (nSPS) is 10.8. The zero-order valence-corrected chi connectivity index (χ0v) is 18.2. The van der Waals surface area contributed by atoms with Crippen LogP contribution in [0.3, 0.4) is 0 Å². The minimum absolute atomic E-state index is 0.240. The van der Waals surface area contributed by atoms with E-state index < -0.39 is 0 Å². The molecule has 4 rings (SSSR count). The molecule has 2 N–H and O–H groups in total. The average molecular weight is 456 g/mol. The van der Waals surface area contributed by atoms with Gasteiger partial charge in [-0.2, -0.15) is 0 Å². The number of aromatic amines is 1. The minimum atomic E-state index is -0.363. The highest BCUT2D eigenvalue weighted by Gasteiger charge is 2.14. The summed E-state index contributed by atoms with van der Waals surface area (Å²) in [6.45, 7) is 0. The van der Waals surface area contributed by atoms with E-state index in [1.54, 1.807) is 24.3 Å². The fraction of sp³-hybridized carbons (Fsp3) is 0.150. The predicted molar refractivity (Wildman–Crippen MR) is 119 cm³/mol. The first-order valence-corrected chi connectivity index (χ1v) is 10.8. The highest BCUT2D eigenvalue weighted by Crippen LogP contribution is 2.28. The van der Waals surface area contributed by atoms with Crippen LogP contribution in [-0.2, 0) is 5.75 Å². The van der Waals surface area contributed by atoms with E-state index in [1.165, 1.54) is 37.3 Å². The van der Waals surface area contributed by atoms with Gasteiger partial charge >= 0.3 is 0 Å². The number of nitrogens with one attached hydrogen (secondary N) is 2. The summed E-state index contributed by atoms with van der Waals surface area (Å²) < 4.78 is 11.0. The molecule has 0 bridgehead atoms. The number of anilines is 1. The molecule has 158 valence electrons. The molecule has 0 saturated carbocycles. The molecule has 31 heavy (non-hydrogen) atoms. The third-order valence-corrected chi connectivity index (χ3v) is 6.23. The van der Waals surface area contributed by atoms with Gasteiger partial charge in [0.05, 0.1) is 25.3 Å². The summed E-state index contributed by atoms with van der Waals surface area (Å²) in [5.41, 5.74) is 1.93. The Balaban J connectivity index is 1.44. The Hall–Kier alpha value is -3.44. The molecule has 0 unspecified atom stereocenters. The van der Waals surface area contributed by atoms with E-state index in [-0.39, 0.29) is 11.5 Å². The van der Waals surface area contributed by atoms with Crippen molar-refractivity contribution < 1.29 is 14.3 Å². The second-order valence-corrected chi connectivity index (χ2v) is 8.45. The van der Waals surface area contributed by atoms with Crippen LogP contribution < -0.4 is 20.3 Å². The first-order chi connectivity index (χ1) is 15.1. The van der Waals surface area contributed by atoms with Gasteiger partial charge in [0.25, 0.3) is 11.5 Å². The highest BCUT2D eigenvalue weighted by molar-refractivity contribution is 8.00. The smallest absolute Gasteiger partial charge is 0.271 e. The fourth-order valence-corrected chi connectivity index (χ4v) is 4.40. The minimum Gasteiger partial charge on any atom is -0.497 e. The monoisotopic (exact) mass is 455 g/mol. The van der Waals surface area contributed by atoms with Gasteiger partial charge < -0.3 is 14.5 Å². The number of ether oxygens (including phenoxy) is 2. The van der Waals surface area contributed by atoms with Gasteiger partial charge in [-0.3, -0.25) is 14.9 Å². The number of amides is 1. The summed E-state index contributed by atoms with van der Waals surface area (Å²) in [5.74, 6) is 0.977. The number of methoxy groups -OCH3 is 2. The molecule has 0 aliphatic heterocycles. The summed E-state index contributed by atoms with van der Waals surface area (Å²) >= 11 is 2.53. The summed E-state index contributed by atoms with van der Waals surface area (Å²) in [4.78, 5) is 32.0. The van der Waals surface area contributed by atoms with Gasteiger partial charge in [0.1, 0.15) is 17.2 Å². The number of H-pyrrole nitrogens is 1. The zero-order chi connectivity index (χ0) is 21.8. The molecule has 11 heteroatoms. The molecule has 0 aliphatic carbocycles. The van der Waals surface area contributed by atoms with Crippen LogP contribution in [0, 0.1) is 0 Å². The Labute approximate surface area is 184 Å². The van der Waals surface area contributed by atoms with Crippen molar-refractivity contribution in [2.24, 2.45) is 0 Å². The molecule has 2 aromatic carbocycles. The van der Waals surface area contributed by atoms with Crippen molar-refractivity contribution in [3.8, 4) is 11.5 Å². The fourth-order valence-electron chi connectivity index (χ4n) is 2.72. The molecule has 0 spiro atoms. The standard InChI is InChI=1S/C20H17N5O4S2/c1-28-12-7-11(8-13(9-12)29-2)17(26)23-19-24-25-20(31-19)30-10-16-18(27)22-15-6-4-3-5-14(15)21-16/h3-9H,10H2,1-2H3,(H,22,27)(H,23,24,26). The van der Waals surface area contributed by atoms with Crippen molar-refractivity contribution in [1.29, 1.82) is 0 Å². The molecule has 2 heterocycles. The van der Waals surface area contributed by atoms with Crippen molar-refractivity contribution >= 4 is 45.2 Å². The van der Waals surface area contributed by atoms with Crippen LogP contribution in [-0.4, -0.2) is 40.3 Å². The first-order valence-electron chi connectivity index (χ1n) is 9.04. The number of hydrogen-bond donors (Lipinski definition) is 2. The number of para-hydroxylation sites is 2. The van der Waals surface area contributed by atoms with Gasteiger partial charge in [-0.15, -0.1) is 10.2 Å². The van der Waals surface area contributed by atoms with E-state index in [2.05, 4.69) is 25.5 Å². The van der Waals surface area contributed by atoms with Crippen LogP contribution in [0.1, 0.15) is 16.1 Å². The lowest BCUT2D eigenvalue weighted by Crippen LogP contribution is -2.14. The van der Waals surface area contributed by atoms with Crippen LogP contribution in [0.4, 0.5) is 5.13 Å². The Kier molecular flexibility index (Phi) is 6.14. The Morgan fingerprint density at radius 1 is 1.13 bits per heavy atom. The van der Waals surface area contributed by atoms with Crippen LogP contribution in [0.2, 0.25) is 0 Å². The van der Waals surface area contributed by atoms with E-state index >= 15 is 0 Å². The predicted octanol–water partition coefficient (Wildman–Crippen LogP) is 3.34. The van der Waals surface area contributed by atoms with E-state index in [4.69, 9.17) is 9.47 Å². The number of fused-ring (bicyclic) bond motifs is 1. The number of carbonyl (C=O) groups is 1. The molecular formula is C20H17N5O4S2. The van der Waals surface area contributed by atoms with Crippen molar-refractivity contribution in [1.82, 2.24) is 20.2 Å². The van der Waals surface area contributed by atoms with Gasteiger partial charge in [0.15, 0.2) is 4.34 Å². The van der Waals surface area contributed by atoms with Gasteiger partial charge in [0, 0.05) is 17.4 Å². The Morgan fingerprint density at radius 2 is 1.87 bits per heavy atom. The average Bonchev–Trinajstić information content (AvgIpc) is 3.24. The number of carbonyl (C=O) groups excluding carboxylic acids is 1. The van der Waals surface area contributed by atoms with E-state index in [9.17, 15) is 9.59 Å². The summed E-state index contributed by atoms with van der Waals surface area (Å²) in [6.07, 6.45) is 0. The van der Waals surface area contributed by atoms with Gasteiger partial charge in [-0.25, -0.2) is 4.98 Å². The number of aromatic nitrogens is 4. The number of thioether (sulfide) groups is 1. The van der Waals surface area contributed by atoms with Crippen molar-refractivity contribution in [3.05, 3.63) is 64.1 Å². The third-order valence-electron chi connectivity index (χ3n) is 4.24. The number of rotatable bonds is 7. The van der Waals surface area contributed by atoms with E-state index in [0.29, 0.717) is 43.5 Å². The lowest BCUT2D eigenvalue weighted by atomic mass is 10.2. The van der Waals surface area contributed by atoms with Crippen LogP contribution >= 0.6 is 23.1 Å².